The van der Waals surface area contributed by atoms with Gasteiger partial charge in [0.25, 0.3) is 0 Å². The van der Waals surface area contributed by atoms with Gasteiger partial charge in [0.05, 0.1) is 11.1 Å². The van der Waals surface area contributed by atoms with Crippen LogP contribution in [0.2, 0.25) is 5.02 Å². The zero-order valence-corrected chi connectivity index (χ0v) is 10.1. The summed E-state index contributed by atoms with van der Waals surface area (Å²) in [4.78, 5) is 10.3. The second-order valence-corrected chi connectivity index (χ2v) is 4.38. The zero-order chi connectivity index (χ0) is 11.4. The number of carboxylic acid groups (broad SMARTS) is 1. The van der Waals surface area contributed by atoms with Gasteiger partial charge in [-0.05, 0) is 40.0 Å². The summed E-state index contributed by atoms with van der Waals surface area (Å²) in [5.74, 6) is -0.919. The van der Waals surface area contributed by atoms with E-state index in [4.69, 9.17) is 16.7 Å². The molecule has 1 atom stereocenters. The van der Waals surface area contributed by atoms with Crippen molar-refractivity contribution in [3.8, 4) is 0 Å². The largest absolute Gasteiger partial charge is 0.481 e. The maximum atomic E-state index is 10.3. The van der Waals surface area contributed by atoms with Crippen molar-refractivity contribution in [2.24, 2.45) is 0 Å². The molecule has 0 amide bonds. The number of aliphatic hydroxyl groups is 1. The lowest BCUT2D eigenvalue weighted by Crippen LogP contribution is -2.02. The normalized spacial score (nSPS) is 12.5. The first-order valence-corrected chi connectivity index (χ1v) is 5.52. The predicted octanol–water partition coefficient (Wildman–Crippen LogP) is 3.00. The highest BCUT2D eigenvalue weighted by atomic mass is 79.9. The molecule has 0 bridgehead atoms. The number of benzene rings is 1. The lowest BCUT2D eigenvalue weighted by atomic mass is 10.1. The Morgan fingerprint density at radius 3 is 2.73 bits per heavy atom. The molecule has 0 fully saturated rings. The predicted molar refractivity (Wildman–Crippen MR) is 61.0 cm³/mol. The van der Waals surface area contributed by atoms with Gasteiger partial charge in [0.1, 0.15) is 0 Å². The molecule has 0 aliphatic rings. The Hall–Kier alpha value is -0.580. The van der Waals surface area contributed by atoms with Gasteiger partial charge in [0, 0.05) is 10.9 Å². The summed E-state index contributed by atoms with van der Waals surface area (Å²) < 4.78 is 0.748. The molecule has 0 radical (unpaired) electrons. The standard InChI is InChI=1S/C10H10BrClO3/c11-7-2-1-6(5-8(7)12)9(13)3-4-10(14)15/h1-2,5,9,13H,3-4H2,(H,14,15). The molecule has 15 heavy (non-hydrogen) atoms. The first-order valence-electron chi connectivity index (χ1n) is 4.35. The number of carbonyl (C=O) groups is 1. The van der Waals surface area contributed by atoms with Crippen LogP contribution in [-0.2, 0) is 4.79 Å². The van der Waals surface area contributed by atoms with Crippen LogP contribution in [0.5, 0.6) is 0 Å². The molecule has 0 heterocycles. The Labute approximate surface area is 101 Å². The second kappa shape index (κ2) is 5.49. The Morgan fingerprint density at radius 2 is 2.20 bits per heavy atom. The number of aliphatic hydroxyl groups excluding tert-OH is 1. The van der Waals surface area contributed by atoms with Crippen molar-refractivity contribution in [2.75, 3.05) is 0 Å². The summed E-state index contributed by atoms with van der Waals surface area (Å²) >= 11 is 9.08. The monoisotopic (exact) mass is 292 g/mol. The molecular weight excluding hydrogens is 283 g/mol. The SMILES string of the molecule is O=C(O)CCC(O)c1ccc(Br)c(Cl)c1. The average Bonchev–Trinajstić information content (AvgIpc) is 2.18. The van der Waals surface area contributed by atoms with Gasteiger partial charge in [0.2, 0.25) is 0 Å². The van der Waals surface area contributed by atoms with Crippen LogP contribution in [0.25, 0.3) is 0 Å². The number of hydrogen-bond donors (Lipinski definition) is 2. The van der Waals surface area contributed by atoms with Crippen molar-refractivity contribution < 1.29 is 15.0 Å². The third-order valence-electron chi connectivity index (χ3n) is 1.96. The highest BCUT2D eigenvalue weighted by Gasteiger charge is 2.10. The van der Waals surface area contributed by atoms with Crippen molar-refractivity contribution >= 4 is 33.5 Å². The van der Waals surface area contributed by atoms with Gasteiger partial charge in [-0.3, -0.25) is 4.79 Å². The van der Waals surface area contributed by atoms with Crippen molar-refractivity contribution in [2.45, 2.75) is 18.9 Å². The van der Waals surface area contributed by atoms with Gasteiger partial charge >= 0.3 is 5.97 Å². The summed E-state index contributed by atoms with van der Waals surface area (Å²) in [5, 5.41) is 18.6. The molecule has 0 spiro atoms. The molecule has 5 heteroatoms. The Bertz CT molecular complexity index is 368. The van der Waals surface area contributed by atoms with Gasteiger partial charge in [-0.2, -0.15) is 0 Å². The third-order valence-corrected chi connectivity index (χ3v) is 3.19. The van der Waals surface area contributed by atoms with Crippen LogP contribution in [-0.4, -0.2) is 16.2 Å². The Balaban J connectivity index is 2.69. The number of aliphatic carboxylic acids is 1. The zero-order valence-electron chi connectivity index (χ0n) is 7.78. The van der Waals surface area contributed by atoms with Crippen LogP contribution >= 0.6 is 27.5 Å². The van der Waals surface area contributed by atoms with Crippen molar-refractivity contribution in [1.82, 2.24) is 0 Å². The van der Waals surface area contributed by atoms with E-state index < -0.39 is 12.1 Å². The van der Waals surface area contributed by atoms with E-state index in [0.29, 0.717) is 10.6 Å². The fourth-order valence-corrected chi connectivity index (χ4v) is 1.58. The molecule has 3 nitrogen and oxygen atoms in total. The van der Waals surface area contributed by atoms with Gasteiger partial charge in [0.15, 0.2) is 0 Å². The molecule has 0 saturated carbocycles. The molecule has 0 aliphatic carbocycles. The number of carboxylic acids is 1. The van der Waals surface area contributed by atoms with Crippen LogP contribution in [0.15, 0.2) is 22.7 Å². The minimum Gasteiger partial charge on any atom is -0.481 e. The second-order valence-electron chi connectivity index (χ2n) is 3.12. The Morgan fingerprint density at radius 1 is 1.53 bits per heavy atom. The molecule has 0 aromatic heterocycles. The summed E-state index contributed by atoms with van der Waals surface area (Å²) in [6.45, 7) is 0. The molecule has 82 valence electrons. The summed E-state index contributed by atoms with van der Waals surface area (Å²) in [5.41, 5.74) is 0.629. The quantitative estimate of drug-likeness (QED) is 0.897. The van der Waals surface area contributed by atoms with Gasteiger partial charge in [-0.15, -0.1) is 0 Å². The lowest BCUT2D eigenvalue weighted by molar-refractivity contribution is -0.137. The van der Waals surface area contributed by atoms with E-state index in [2.05, 4.69) is 15.9 Å². The molecule has 0 aliphatic heterocycles. The first-order chi connectivity index (χ1) is 7.00. The highest BCUT2D eigenvalue weighted by molar-refractivity contribution is 9.10. The van der Waals surface area contributed by atoms with Gasteiger partial charge < -0.3 is 10.2 Å². The first kappa shape index (κ1) is 12.5. The number of halogens is 2. The molecule has 1 aromatic carbocycles. The van der Waals surface area contributed by atoms with Crippen LogP contribution < -0.4 is 0 Å². The van der Waals surface area contributed by atoms with E-state index in [1.54, 1.807) is 18.2 Å². The molecule has 1 unspecified atom stereocenters. The number of hydrogen-bond acceptors (Lipinski definition) is 2. The fraction of sp³-hybridized carbons (Fsp3) is 0.300. The van der Waals surface area contributed by atoms with E-state index in [1.165, 1.54) is 0 Å². The smallest absolute Gasteiger partial charge is 0.303 e. The minimum atomic E-state index is -0.919. The molecule has 1 rings (SSSR count). The van der Waals surface area contributed by atoms with Gasteiger partial charge in [-0.1, -0.05) is 17.7 Å². The molecule has 1 aromatic rings. The maximum Gasteiger partial charge on any atom is 0.303 e. The van der Waals surface area contributed by atoms with Crippen molar-refractivity contribution in [3.63, 3.8) is 0 Å². The van der Waals surface area contributed by atoms with Crippen LogP contribution in [0.3, 0.4) is 0 Å². The van der Waals surface area contributed by atoms with Crippen LogP contribution in [0.4, 0.5) is 0 Å². The summed E-state index contributed by atoms with van der Waals surface area (Å²) in [6.07, 6.45) is -0.658. The maximum absolute atomic E-state index is 10.3. The lowest BCUT2D eigenvalue weighted by Gasteiger charge is -2.10. The van der Waals surface area contributed by atoms with Crippen molar-refractivity contribution in [1.29, 1.82) is 0 Å². The van der Waals surface area contributed by atoms with Gasteiger partial charge in [-0.25, -0.2) is 0 Å². The molecule has 0 saturated heterocycles. The Kier molecular flexibility index (Phi) is 4.57. The fourth-order valence-electron chi connectivity index (χ4n) is 1.15. The van der Waals surface area contributed by atoms with Crippen molar-refractivity contribution in [3.05, 3.63) is 33.3 Å². The summed E-state index contributed by atoms with van der Waals surface area (Å²) in [6, 6.07) is 5.06. The molecular formula is C10H10BrClO3. The molecule has 2 N–H and O–H groups in total. The van der Waals surface area contributed by atoms with Crippen LogP contribution in [0.1, 0.15) is 24.5 Å². The topological polar surface area (TPSA) is 57.5 Å². The third kappa shape index (κ3) is 3.81. The van der Waals surface area contributed by atoms with E-state index in [9.17, 15) is 9.90 Å². The van der Waals surface area contributed by atoms with E-state index in [1.807, 2.05) is 0 Å². The van der Waals surface area contributed by atoms with E-state index in [0.717, 1.165) is 4.47 Å². The average molecular weight is 294 g/mol. The number of rotatable bonds is 4. The highest BCUT2D eigenvalue weighted by Crippen LogP contribution is 2.27. The van der Waals surface area contributed by atoms with E-state index >= 15 is 0 Å². The van der Waals surface area contributed by atoms with E-state index in [-0.39, 0.29) is 12.8 Å². The van der Waals surface area contributed by atoms with Crippen LogP contribution in [0, 0.1) is 0 Å². The minimum absolute atomic E-state index is 0.0607. The summed E-state index contributed by atoms with van der Waals surface area (Å²) in [7, 11) is 0.